The normalized spacial score (nSPS) is 14.4. The first-order valence-corrected chi connectivity index (χ1v) is 10.7. The van der Waals surface area contributed by atoms with E-state index < -0.39 is 0 Å². The summed E-state index contributed by atoms with van der Waals surface area (Å²) in [5.74, 6) is 1.16. The van der Waals surface area contributed by atoms with Crippen molar-refractivity contribution in [3.8, 4) is 16.9 Å². The van der Waals surface area contributed by atoms with Crippen molar-refractivity contribution >= 4 is 46.0 Å². The third kappa shape index (κ3) is 3.36. The molecule has 0 aliphatic carbocycles. The lowest BCUT2D eigenvalue weighted by atomic mass is 10.1. The number of nitrogens with zero attached hydrogens (tertiary/aromatic N) is 5. The standard InChI is InChI=1S/C22H20Cl2N6/c23-16-10-9-15(13-17(16)24)30-20(25)18-19(14-7-3-1-4-8-14)26-22(27-21(18)28-30)29-11-5-2-6-12-29/h1,3-4,7-10,13H,2,5-6,11-12,25H2. The summed E-state index contributed by atoms with van der Waals surface area (Å²) in [6.45, 7) is 1.89. The highest BCUT2D eigenvalue weighted by Gasteiger charge is 2.22. The molecule has 6 nitrogen and oxygen atoms in total. The molecule has 1 aliphatic rings. The first-order chi connectivity index (χ1) is 14.6. The van der Waals surface area contributed by atoms with Crippen LogP contribution in [0.3, 0.4) is 0 Å². The van der Waals surface area contributed by atoms with Gasteiger partial charge in [-0.15, -0.1) is 5.10 Å². The zero-order chi connectivity index (χ0) is 20.7. The Labute approximate surface area is 184 Å². The van der Waals surface area contributed by atoms with Crippen molar-refractivity contribution in [3.05, 3.63) is 58.6 Å². The maximum Gasteiger partial charge on any atom is 0.228 e. The van der Waals surface area contributed by atoms with Gasteiger partial charge < -0.3 is 10.6 Å². The van der Waals surface area contributed by atoms with Crippen molar-refractivity contribution in [2.75, 3.05) is 23.7 Å². The van der Waals surface area contributed by atoms with Crippen molar-refractivity contribution < 1.29 is 0 Å². The van der Waals surface area contributed by atoms with Gasteiger partial charge in [-0.05, 0) is 37.5 Å². The molecule has 1 saturated heterocycles. The van der Waals surface area contributed by atoms with Crippen LogP contribution in [0.25, 0.3) is 28.0 Å². The molecule has 2 aromatic carbocycles. The van der Waals surface area contributed by atoms with Crippen LogP contribution in [-0.2, 0) is 0 Å². The summed E-state index contributed by atoms with van der Waals surface area (Å²) in [4.78, 5) is 11.9. The number of hydrogen-bond donors (Lipinski definition) is 1. The van der Waals surface area contributed by atoms with Gasteiger partial charge in [-0.3, -0.25) is 0 Å². The fourth-order valence-corrected chi connectivity index (χ4v) is 4.15. The molecule has 3 heterocycles. The van der Waals surface area contributed by atoms with E-state index in [0.717, 1.165) is 48.3 Å². The predicted octanol–water partition coefficient (Wildman–Crippen LogP) is 5.36. The highest BCUT2D eigenvalue weighted by atomic mass is 35.5. The minimum absolute atomic E-state index is 0.441. The molecule has 8 heteroatoms. The fourth-order valence-electron chi connectivity index (χ4n) is 3.85. The van der Waals surface area contributed by atoms with E-state index in [9.17, 15) is 0 Å². The van der Waals surface area contributed by atoms with Crippen LogP contribution >= 0.6 is 23.2 Å². The van der Waals surface area contributed by atoms with Gasteiger partial charge in [0.25, 0.3) is 0 Å². The number of rotatable bonds is 3. The van der Waals surface area contributed by atoms with Crippen LogP contribution in [0.15, 0.2) is 48.5 Å². The van der Waals surface area contributed by atoms with Crippen LogP contribution in [-0.4, -0.2) is 32.8 Å². The van der Waals surface area contributed by atoms with Crippen molar-refractivity contribution in [3.63, 3.8) is 0 Å². The molecule has 2 N–H and O–H groups in total. The number of halogens is 2. The molecule has 5 rings (SSSR count). The molecule has 0 bridgehead atoms. The van der Waals surface area contributed by atoms with E-state index in [1.807, 2.05) is 36.4 Å². The van der Waals surface area contributed by atoms with Gasteiger partial charge in [0, 0.05) is 18.7 Å². The van der Waals surface area contributed by atoms with Crippen molar-refractivity contribution in [2.24, 2.45) is 0 Å². The van der Waals surface area contributed by atoms with Crippen molar-refractivity contribution in [1.82, 2.24) is 19.7 Å². The molecule has 4 aromatic rings. The largest absolute Gasteiger partial charge is 0.383 e. The number of fused-ring (bicyclic) bond motifs is 1. The van der Waals surface area contributed by atoms with E-state index in [1.165, 1.54) is 6.42 Å². The Hall–Kier alpha value is -2.83. The summed E-state index contributed by atoms with van der Waals surface area (Å²) in [6, 6.07) is 15.3. The summed E-state index contributed by atoms with van der Waals surface area (Å²) in [5, 5.41) is 6.36. The molecule has 0 radical (unpaired) electrons. The second kappa shape index (κ2) is 7.78. The average molecular weight is 439 g/mol. The molecular formula is C22H20Cl2N6. The van der Waals surface area contributed by atoms with E-state index in [4.69, 9.17) is 44.0 Å². The molecule has 1 aliphatic heterocycles. The van der Waals surface area contributed by atoms with Crippen LogP contribution in [0.5, 0.6) is 0 Å². The third-order valence-electron chi connectivity index (χ3n) is 5.39. The average Bonchev–Trinajstić information content (AvgIpc) is 3.13. The van der Waals surface area contributed by atoms with Gasteiger partial charge in [-0.2, -0.15) is 4.98 Å². The van der Waals surface area contributed by atoms with E-state index in [-0.39, 0.29) is 0 Å². The molecular weight excluding hydrogens is 419 g/mol. The van der Waals surface area contributed by atoms with Gasteiger partial charge in [0.1, 0.15) is 5.82 Å². The van der Waals surface area contributed by atoms with Gasteiger partial charge in [-0.25, -0.2) is 9.67 Å². The zero-order valence-corrected chi connectivity index (χ0v) is 17.7. The Morgan fingerprint density at radius 1 is 0.867 bits per heavy atom. The van der Waals surface area contributed by atoms with Crippen LogP contribution < -0.4 is 10.6 Å². The minimum Gasteiger partial charge on any atom is -0.383 e. The Morgan fingerprint density at radius 3 is 2.37 bits per heavy atom. The number of benzene rings is 2. The van der Waals surface area contributed by atoms with Crippen LogP contribution in [0.4, 0.5) is 11.8 Å². The molecule has 152 valence electrons. The number of piperidine rings is 1. The lowest BCUT2D eigenvalue weighted by Gasteiger charge is -2.26. The summed E-state index contributed by atoms with van der Waals surface area (Å²) in [5.41, 5.74) is 9.60. The zero-order valence-electron chi connectivity index (χ0n) is 16.2. The van der Waals surface area contributed by atoms with Gasteiger partial charge in [-0.1, -0.05) is 53.5 Å². The van der Waals surface area contributed by atoms with Crippen LogP contribution in [0.2, 0.25) is 10.0 Å². The molecule has 0 saturated carbocycles. The second-order valence-corrected chi connectivity index (χ2v) is 8.19. The highest BCUT2D eigenvalue weighted by molar-refractivity contribution is 6.42. The number of anilines is 2. The molecule has 0 unspecified atom stereocenters. The third-order valence-corrected chi connectivity index (χ3v) is 6.13. The molecule has 0 amide bonds. The maximum absolute atomic E-state index is 6.56. The number of hydrogen-bond acceptors (Lipinski definition) is 5. The second-order valence-electron chi connectivity index (χ2n) is 7.38. The fraction of sp³-hybridized carbons (Fsp3) is 0.227. The molecule has 0 spiro atoms. The predicted molar refractivity (Wildman–Crippen MR) is 123 cm³/mol. The minimum atomic E-state index is 0.441. The summed E-state index contributed by atoms with van der Waals surface area (Å²) < 4.78 is 1.65. The van der Waals surface area contributed by atoms with Crippen LogP contribution in [0, 0.1) is 0 Å². The first-order valence-electron chi connectivity index (χ1n) is 9.94. The highest BCUT2D eigenvalue weighted by Crippen LogP contribution is 2.34. The Kier molecular flexibility index (Phi) is 4.97. The summed E-state index contributed by atoms with van der Waals surface area (Å²) >= 11 is 12.3. The van der Waals surface area contributed by atoms with Gasteiger partial charge in [0.15, 0.2) is 5.65 Å². The van der Waals surface area contributed by atoms with E-state index in [2.05, 4.69) is 4.90 Å². The molecule has 2 aromatic heterocycles. The Morgan fingerprint density at radius 2 is 1.63 bits per heavy atom. The summed E-state index contributed by atoms with van der Waals surface area (Å²) in [7, 11) is 0. The van der Waals surface area contributed by atoms with Crippen LogP contribution in [0.1, 0.15) is 19.3 Å². The van der Waals surface area contributed by atoms with E-state index in [0.29, 0.717) is 27.5 Å². The maximum atomic E-state index is 6.56. The van der Waals surface area contributed by atoms with Crippen molar-refractivity contribution in [2.45, 2.75) is 19.3 Å². The Bertz CT molecular complexity index is 1220. The van der Waals surface area contributed by atoms with Gasteiger partial charge in [0.05, 0.1) is 26.8 Å². The number of aromatic nitrogens is 4. The van der Waals surface area contributed by atoms with E-state index in [1.54, 1.807) is 16.8 Å². The molecule has 0 atom stereocenters. The smallest absolute Gasteiger partial charge is 0.228 e. The lowest BCUT2D eigenvalue weighted by Crippen LogP contribution is -2.31. The lowest BCUT2D eigenvalue weighted by molar-refractivity contribution is 0.569. The molecule has 1 fully saturated rings. The number of nitrogens with two attached hydrogens (primary N) is 1. The monoisotopic (exact) mass is 438 g/mol. The van der Waals surface area contributed by atoms with Gasteiger partial charge >= 0.3 is 0 Å². The van der Waals surface area contributed by atoms with Crippen molar-refractivity contribution in [1.29, 1.82) is 0 Å². The Balaban J connectivity index is 1.74. The van der Waals surface area contributed by atoms with E-state index >= 15 is 0 Å². The van der Waals surface area contributed by atoms with Gasteiger partial charge in [0.2, 0.25) is 5.95 Å². The molecule has 30 heavy (non-hydrogen) atoms. The topological polar surface area (TPSA) is 72.9 Å². The quantitative estimate of drug-likeness (QED) is 0.465. The first kappa shape index (κ1) is 19.2. The number of nitrogen functional groups attached to an aromatic ring is 1. The summed E-state index contributed by atoms with van der Waals surface area (Å²) in [6.07, 6.45) is 3.52. The SMILES string of the molecule is Nc1c2c(-c3ccccc3)nc(N3CCCCC3)nc2nn1-c1ccc(Cl)c(Cl)c1.